The number of hydrogen-bond donors (Lipinski definition) is 1. The molecule has 1 heterocycles. The molecule has 3 nitrogen and oxygen atoms in total. The van der Waals surface area contributed by atoms with Crippen LogP contribution in [0.4, 0.5) is 0 Å². The summed E-state index contributed by atoms with van der Waals surface area (Å²) in [6, 6.07) is 0. The molecule has 0 aromatic carbocycles. The number of carboxylic acid groups (broad SMARTS) is 1. The lowest BCUT2D eigenvalue weighted by Gasteiger charge is -2.22. The maximum Gasteiger partial charge on any atom is 0.303 e. The summed E-state index contributed by atoms with van der Waals surface area (Å²) in [6.07, 6.45) is 11.3. The Kier molecular flexibility index (Phi) is 7.23. The topological polar surface area (TPSA) is 46.5 Å². The molecule has 1 aliphatic rings. The summed E-state index contributed by atoms with van der Waals surface area (Å²) in [5.74, 6) is -0.671. The standard InChI is InChI=1S/C13H24O3/c14-13(15)10-5-3-1-2-4-8-12-9-6-7-11-16-12/h12H,1-11H2,(H,14,15). The molecule has 1 rings (SSSR count). The molecule has 0 radical (unpaired) electrons. The number of aliphatic carboxylic acids is 1. The minimum atomic E-state index is -0.671. The van der Waals surface area contributed by atoms with Gasteiger partial charge in [-0.15, -0.1) is 0 Å². The minimum absolute atomic E-state index is 0.325. The highest BCUT2D eigenvalue weighted by Crippen LogP contribution is 2.18. The zero-order valence-electron chi connectivity index (χ0n) is 10.1. The lowest BCUT2D eigenvalue weighted by atomic mass is 10.0. The Balaban J connectivity index is 1.82. The van der Waals surface area contributed by atoms with Gasteiger partial charge in [-0.05, 0) is 32.1 Å². The summed E-state index contributed by atoms with van der Waals surface area (Å²) in [6.45, 7) is 0.948. The fraction of sp³-hybridized carbons (Fsp3) is 0.923. The summed E-state index contributed by atoms with van der Waals surface area (Å²) in [7, 11) is 0. The smallest absolute Gasteiger partial charge is 0.303 e. The van der Waals surface area contributed by atoms with Crippen LogP contribution in [-0.4, -0.2) is 23.8 Å². The minimum Gasteiger partial charge on any atom is -0.481 e. The largest absolute Gasteiger partial charge is 0.481 e. The fourth-order valence-electron chi connectivity index (χ4n) is 2.21. The van der Waals surface area contributed by atoms with E-state index >= 15 is 0 Å². The highest BCUT2D eigenvalue weighted by Gasteiger charge is 2.12. The molecule has 1 fully saturated rings. The average molecular weight is 228 g/mol. The maximum atomic E-state index is 10.3. The van der Waals surface area contributed by atoms with Crippen LogP contribution in [0.1, 0.15) is 64.2 Å². The Hall–Kier alpha value is -0.570. The monoisotopic (exact) mass is 228 g/mol. The predicted octanol–water partition coefficient (Wildman–Crippen LogP) is 3.37. The number of carboxylic acids is 1. The summed E-state index contributed by atoms with van der Waals surface area (Å²) in [4.78, 5) is 10.3. The van der Waals surface area contributed by atoms with E-state index < -0.39 is 5.97 Å². The fourth-order valence-corrected chi connectivity index (χ4v) is 2.21. The number of ether oxygens (including phenoxy) is 1. The molecule has 0 saturated carbocycles. The van der Waals surface area contributed by atoms with E-state index in [9.17, 15) is 4.79 Å². The maximum absolute atomic E-state index is 10.3. The van der Waals surface area contributed by atoms with Gasteiger partial charge in [-0.2, -0.15) is 0 Å². The average Bonchev–Trinajstić information content (AvgIpc) is 2.29. The van der Waals surface area contributed by atoms with Crippen LogP contribution in [0.5, 0.6) is 0 Å². The van der Waals surface area contributed by atoms with Gasteiger partial charge in [0.1, 0.15) is 0 Å². The van der Waals surface area contributed by atoms with Crippen LogP contribution in [-0.2, 0) is 9.53 Å². The Labute approximate surface area is 98.2 Å². The van der Waals surface area contributed by atoms with Gasteiger partial charge in [-0.3, -0.25) is 4.79 Å². The molecule has 3 heteroatoms. The lowest BCUT2D eigenvalue weighted by molar-refractivity contribution is -0.137. The Morgan fingerprint density at radius 3 is 2.56 bits per heavy atom. The third-order valence-electron chi connectivity index (χ3n) is 3.19. The first-order valence-corrected chi connectivity index (χ1v) is 6.62. The molecule has 0 aliphatic carbocycles. The second-order valence-corrected chi connectivity index (χ2v) is 4.69. The van der Waals surface area contributed by atoms with Gasteiger partial charge >= 0.3 is 5.97 Å². The molecule has 0 aromatic rings. The van der Waals surface area contributed by atoms with Crippen LogP contribution in [0.15, 0.2) is 0 Å². The summed E-state index contributed by atoms with van der Waals surface area (Å²) in [5.41, 5.74) is 0. The third-order valence-corrected chi connectivity index (χ3v) is 3.19. The van der Waals surface area contributed by atoms with Crippen molar-refractivity contribution in [1.29, 1.82) is 0 Å². The Bertz CT molecular complexity index is 186. The van der Waals surface area contributed by atoms with Crippen molar-refractivity contribution >= 4 is 5.97 Å². The SMILES string of the molecule is O=C(O)CCCCCCCC1CCCCO1. The molecule has 0 aromatic heterocycles. The molecule has 0 spiro atoms. The predicted molar refractivity (Wildman–Crippen MR) is 63.5 cm³/mol. The van der Waals surface area contributed by atoms with Gasteiger partial charge < -0.3 is 9.84 Å². The zero-order chi connectivity index (χ0) is 11.6. The molecule has 1 N–H and O–H groups in total. The van der Waals surface area contributed by atoms with E-state index in [0.29, 0.717) is 12.5 Å². The first kappa shape index (κ1) is 13.5. The number of unbranched alkanes of at least 4 members (excludes halogenated alkanes) is 4. The molecule has 1 aliphatic heterocycles. The number of rotatable bonds is 8. The van der Waals surface area contributed by atoms with Gasteiger partial charge in [0.2, 0.25) is 0 Å². The third kappa shape index (κ3) is 6.83. The van der Waals surface area contributed by atoms with Crippen LogP contribution in [0.3, 0.4) is 0 Å². The number of carbonyl (C=O) groups is 1. The van der Waals surface area contributed by atoms with Crippen molar-refractivity contribution in [2.45, 2.75) is 70.3 Å². The van der Waals surface area contributed by atoms with Crippen molar-refractivity contribution in [2.24, 2.45) is 0 Å². The van der Waals surface area contributed by atoms with Crippen molar-refractivity contribution in [3.05, 3.63) is 0 Å². The first-order valence-electron chi connectivity index (χ1n) is 6.62. The Morgan fingerprint density at radius 1 is 1.12 bits per heavy atom. The molecule has 16 heavy (non-hydrogen) atoms. The second-order valence-electron chi connectivity index (χ2n) is 4.69. The molecule has 1 unspecified atom stereocenters. The summed E-state index contributed by atoms with van der Waals surface area (Å²) < 4.78 is 5.66. The molecule has 0 bridgehead atoms. The van der Waals surface area contributed by atoms with Gasteiger partial charge in [-0.1, -0.05) is 25.7 Å². The van der Waals surface area contributed by atoms with Gasteiger partial charge in [0.25, 0.3) is 0 Å². The quantitative estimate of drug-likeness (QED) is 0.648. The van der Waals surface area contributed by atoms with Gasteiger partial charge in [0.15, 0.2) is 0 Å². The second kappa shape index (κ2) is 8.57. The van der Waals surface area contributed by atoms with Crippen LogP contribution in [0.2, 0.25) is 0 Å². The van der Waals surface area contributed by atoms with Crippen molar-refractivity contribution in [1.82, 2.24) is 0 Å². The van der Waals surface area contributed by atoms with E-state index in [4.69, 9.17) is 9.84 Å². The van der Waals surface area contributed by atoms with Crippen molar-refractivity contribution in [3.8, 4) is 0 Å². The highest BCUT2D eigenvalue weighted by atomic mass is 16.5. The molecule has 1 saturated heterocycles. The lowest BCUT2D eigenvalue weighted by Crippen LogP contribution is -2.18. The molecule has 94 valence electrons. The van der Waals surface area contributed by atoms with Crippen LogP contribution in [0.25, 0.3) is 0 Å². The highest BCUT2D eigenvalue weighted by molar-refractivity contribution is 5.66. The van der Waals surface area contributed by atoms with Crippen molar-refractivity contribution < 1.29 is 14.6 Å². The van der Waals surface area contributed by atoms with Gasteiger partial charge in [0.05, 0.1) is 6.10 Å². The zero-order valence-corrected chi connectivity index (χ0v) is 10.1. The van der Waals surface area contributed by atoms with E-state index in [2.05, 4.69) is 0 Å². The number of hydrogen-bond acceptors (Lipinski definition) is 2. The van der Waals surface area contributed by atoms with E-state index in [1.165, 1.54) is 44.9 Å². The molecular formula is C13H24O3. The normalized spacial score (nSPS) is 20.9. The van der Waals surface area contributed by atoms with E-state index in [0.717, 1.165) is 19.4 Å². The van der Waals surface area contributed by atoms with Crippen molar-refractivity contribution in [3.63, 3.8) is 0 Å². The molecule has 0 amide bonds. The van der Waals surface area contributed by atoms with Crippen LogP contribution in [0, 0.1) is 0 Å². The van der Waals surface area contributed by atoms with Crippen LogP contribution >= 0.6 is 0 Å². The first-order chi connectivity index (χ1) is 7.79. The van der Waals surface area contributed by atoms with Crippen LogP contribution < -0.4 is 0 Å². The molecular weight excluding hydrogens is 204 g/mol. The molecule has 1 atom stereocenters. The van der Waals surface area contributed by atoms with E-state index in [1.807, 2.05) is 0 Å². The van der Waals surface area contributed by atoms with Gasteiger partial charge in [0, 0.05) is 13.0 Å². The van der Waals surface area contributed by atoms with E-state index in [-0.39, 0.29) is 0 Å². The summed E-state index contributed by atoms with van der Waals surface area (Å²) in [5, 5.41) is 8.47. The Morgan fingerprint density at radius 2 is 1.88 bits per heavy atom. The van der Waals surface area contributed by atoms with Gasteiger partial charge in [-0.25, -0.2) is 0 Å². The van der Waals surface area contributed by atoms with Crippen molar-refractivity contribution in [2.75, 3.05) is 6.61 Å². The van der Waals surface area contributed by atoms with E-state index in [1.54, 1.807) is 0 Å². The summed E-state index contributed by atoms with van der Waals surface area (Å²) >= 11 is 0.